The molecule has 1 N–H and O–H groups in total. The molecule has 2 heteroatoms. The minimum absolute atomic E-state index is 0.369. The highest BCUT2D eigenvalue weighted by atomic mass is 16.1. The molecule has 0 aromatic carbocycles. The third kappa shape index (κ3) is 5.00. The van der Waals surface area contributed by atoms with Crippen LogP contribution < -0.4 is 5.32 Å². The standard InChI is InChI=1S/C17H31NO/c1-5-15-7-8-17(4,13-15)10-9-16(3,6-2)11-12-18-14-19/h7,14H,5-6,8-13H2,1-4H3,(H,18,19). The summed E-state index contributed by atoms with van der Waals surface area (Å²) in [5, 5.41) is 2.80. The number of rotatable bonds is 9. The van der Waals surface area contributed by atoms with Crippen molar-refractivity contribution < 1.29 is 4.79 Å². The quantitative estimate of drug-likeness (QED) is 0.372. The molecular weight excluding hydrogens is 234 g/mol. The fraction of sp³-hybridized carbons (Fsp3) is 0.824. The molecule has 0 aliphatic heterocycles. The van der Waals surface area contributed by atoms with E-state index in [2.05, 4.69) is 39.1 Å². The smallest absolute Gasteiger partial charge is 0.207 e. The van der Waals surface area contributed by atoms with Crippen LogP contribution in [0.1, 0.15) is 72.6 Å². The molecule has 2 unspecified atom stereocenters. The molecule has 110 valence electrons. The highest BCUT2D eigenvalue weighted by molar-refractivity contribution is 5.45. The van der Waals surface area contributed by atoms with E-state index >= 15 is 0 Å². The van der Waals surface area contributed by atoms with Crippen LogP contribution >= 0.6 is 0 Å². The summed E-state index contributed by atoms with van der Waals surface area (Å²) in [4.78, 5) is 10.3. The van der Waals surface area contributed by atoms with E-state index in [0.717, 1.165) is 19.4 Å². The van der Waals surface area contributed by atoms with Gasteiger partial charge in [0, 0.05) is 6.54 Å². The number of carbonyl (C=O) groups excluding carboxylic acids is 1. The van der Waals surface area contributed by atoms with Crippen molar-refractivity contribution in [1.29, 1.82) is 0 Å². The predicted octanol–water partition coefficient (Wildman–Crippen LogP) is 4.46. The van der Waals surface area contributed by atoms with Crippen molar-refractivity contribution >= 4 is 6.41 Å². The zero-order chi connectivity index (χ0) is 14.4. The molecule has 0 fully saturated rings. The Hall–Kier alpha value is -0.790. The van der Waals surface area contributed by atoms with Crippen molar-refractivity contribution in [2.24, 2.45) is 10.8 Å². The van der Waals surface area contributed by atoms with E-state index in [1.807, 2.05) is 0 Å². The Balaban J connectivity index is 2.42. The van der Waals surface area contributed by atoms with Crippen molar-refractivity contribution in [1.82, 2.24) is 5.32 Å². The maximum absolute atomic E-state index is 10.3. The lowest BCUT2D eigenvalue weighted by Crippen LogP contribution is -2.25. The first-order chi connectivity index (χ1) is 8.97. The molecule has 0 aromatic heterocycles. The molecule has 0 radical (unpaired) electrons. The van der Waals surface area contributed by atoms with Crippen LogP contribution in [0.5, 0.6) is 0 Å². The molecule has 0 saturated heterocycles. The van der Waals surface area contributed by atoms with Crippen LogP contribution in [0.25, 0.3) is 0 Å². The fourth-order valence-corrected chi connectivity index (χ4v) is 3.06. The van der Waals surface area contributed by atoms with E-state index in [4.69, 9.17) is 0 Å². The summed E-state index contributed by atoms with van der Waals surface area (Å²) in [6.45, 7) is 10.1. The normalized spacial score (nSPS) is 25.8. The van der Waals surface area contributed by atoms with Gasteiger partial charge in [-0.15, -0.1) is 0 Å². The number of carbonyl (C=O) groups is 1. The van der Waals surface area contributed by atoms with Crippen LogP contribution in [-0.2, 0) is 4.79 Å². The Kier molecular flexibility index (Phi) is 6.09. The molecule has 1 rings (SSSR count). The second-order valence-electron chi connectivity index (χ2n) is 6.89. The Morgan fingerprint density at radius 2 is 2.16 bits per heavy atom. The van der Waals surface area contributed by atoms with Gasteiger partial charge in [-0.25, -0.2) is 0 Å². The number of hydrogen-bond acceptors (Lipinski definition) is 1. The van der Waals surface area contributed by atoms with Crippen molar-refractivity contribution in [3.05, 3.63) is 11.6 Å². The van der Waals surface area contributed by atoms with Gasteiger partial charge in [-0.1, -0.05) is 45.8 Å². The van der Waals surface area contributed by atoms with Gasteiger partial charge in [0.05, 0.1) is 0 Å². The summed E-state index contributed by atoms with van der Waals surface area (Å²) in [5.41, 5.74) is 2.50. The van der Waals surface area contributed by atoms with Crippen LogP contribution in [0.3, 0.4) is 0 Å². The average molecular weight is 265 g/mol. The van der Waals surface area contributed by atoms with Gasteiger partial charge in [-0.2, -0.15) is 0 Å². The highest BCUT2D eigenvalue weighted by Gasteiger charge is 2.32. The summed E-state index contributed by atoms with van der Waals surface area (Å²) < 4.78 is 0. The Morgan fingerprint density at radius 3 is 2.68 bits per heavy atom. The highest BCUT2D eigenvalue weighted by Crippen LogP contribution is 2.45. The predicted molar refractivity (Wildman–Crippen MR) is 82.0 cm³/mol. The summed E-state index contributed by atoms with van der Waals surface area (Å²) in [5.74, 6) is 0. The number of allylic oxidation sites excluding steroid dienone is 2. The van der Waals surface area contributed by atoms with E-state index in [1.54, 1.807) is 5.57 Å². The van der Waals surface area contributed by atoms with Crippen LogP contribution in [-0.4, -0.2) is 13.0 Å². The van der Waals surface area contributed by atoms with Crippen molar-refractivity contribution in [2.75, 3.05) is 6.54 Å². The zero-order valence-corrected chi connectivity index (χ0v) is 13.2. The first kappa shape index (κ1) is 16.3. The van der Waals surface area contributed by atoms with Gasteiger partial charge in [0.15, 0.2) is 0 Å². The Bertz CT molecular complexity index is 323. The summed E-state index contributed by atoms with van der Waals surface area (Å²) in [6.07, 6.45) is 11.9. The van der Waals surface area contributed by atoms with E-state index in [-0.39, 0.29) is 0 Å². The lowest BCUT2D eigenvalue weighted by atomic mass is 9.72. The fourth-order valence-electron chi connectivity index (χ4n) is 3.06. The van der Waals surface area contributed by atoms with Gasteiger partial charge in [-0.3, -0.25) is 4.79 Å². The van der Waals surface area contributed by atoms with Crippen molar-refractivity contribution in [3.63, 3.8) is 0 Å². The molecule has 1 aliphatic rings. The molecule has 1 amide bonds. The van der Waals surface area contributed by atoms with Gasteiger partial charge < -0.3 is 5.32 Å². The van der Waals surface area contributed by atoms with Crippen LogP contribution in [0.15, 0.2) is 11.6 Å². The first-order valence-corrected chi connectivity index (χ1v) is 7.82. The van der Waals surface area contributed by atoms with Gasteiger partial charge in [0.2, 0.25) is 6.41 Å². The summed E-state index contributed by atoms with van der Waals surface area (Å²) in [6, 6.07) is 0. The molecule has 0 spiro atoms. The molecule has 0 aromatic rings. The zero-order valence-electron chi connectivity index (χ0n) is 13.2. The van der Waals surface area contributed by atoms with Crippen LogP contribution in [0.4, 0.5) is 0 Å². The molecule has 2 nitrogen and oxygen atoms in total. The van der Waals surface area contributed by atoms with Gasteiger partial charge in [0.25, 0.3) is 0 Å². The molecule has 2 atom stereocenters. The van der Waals surface area contributed by atoms with Crippen LogP contribution in [0.2, 0.25) is 0 Å². The molecule has 0 bridgehead atoms. The molecule has 0 heterocycles. The molecule has 19 heavy (non-hydrogen) atoms. The van der Waals surface area contributed by atoms with E-state index in [1.165, 1.54) is 38.5 Å². The maximum atomic E-state index is 10.3. The maximum Gasteiger partial charge on any atom is 0.207 e. The molecular formula is C17H31NO. The largest absolute Gasteiger partial charge is 0.359 e. The first-order valence-electron chi connectivity index (χ1n) is 7.82. The lowest BCUT2D eigenvalue weighted by Gasteiger charge is -2.33. The second kappa shape index (κ2) is 7.12. The molecule has 0 saturated carbocycles. The Labute approximate surface area is 119 Å². The van der Waals surface area contributed by atoms with E-state index < -0.39 is 0 Å². The van der Waals surface area contributed by atoms with E-state index in [0.29, 0.717) is 10.8 Å². The van der Waals surface area contributed by atoms with Crippen molar-refractivity contribution in [2.45, 2.75) is 72.6 Å². The van der Waals surface area contributed by atoms with Gasteiger partial charge in [-0.05, 0) is 49.4 Å². The lowest BCUT2D eigenvalue weighted by molar-refractivity contribution is -0.109. The number of hydrogen-bond donors (Lipinski definition) is 1. The monoisotopic (exact) mass is 265 g/mol. The van der Waals surface area contributed by atoms with Crippen molar-refractivity contribution in [3.8, 4) is 0 Å². The average Bonchev–Trinajstić information content (AvgIpc) is 2.79. The third-order valence-electron chi connectivity index (χ3n) is 5.13. The topological polar surface area (TPSA) is 29.1 Å². The number of amides is 1. The minimum Gasteiger partial charge on any atom is -0.359 e. The summed E-state index contributed by atoms with van der Waals surface area (Å²) >= 11 is 0. The van der Waals surface area contributed by atoms with Gasteiger partial charge >= 0.3 is 0 Å². The van der Waals surface area contributed by atoms with Gasteiger partial charge in [0.1, 0.15) is 0 Å². The second-order valence-corrected chi connectivity index (χ2v) is 6.89. The number of nitrogens with one attached hydrogen (secondary N) is 1. The SMILES string of the molecule is CCC1=CCC(C)(CCC(C)(CC)CCNC=O)C1. The Morgan fingerprint density at radius 1 is 1.42 bits per heavy atom. The minimum atomic E-state index is 0.369. The molecule has 1 aliphatic carbocycles. The van der Waals surface area contributed by atoms with E-state index in [9.17, 15) is 4.79 Å². The third-order valence-corrected chi connectivity index (χ3v) is 5.13. The summed E-state index contributed by atoms with van der Waals surface area (Å²) in [7, 11) is 0. The van der Waals surface area contributed by atoms with Crippen LogP contribution in [0, 0.1) is 10.8 Å².